The Labute approximate surface area is 304 Å². The van der Waals surface area contributed by atoms with Crippen molar-refractivity contribution in [1.29, 1.82) is 0 Å². The van der Waals surface area contributed by atoms with E-state index in [1.807, 2.05) is 0 Å². The van der Waals surface area contributed by atoms with Crippen molar-refractivity contribution in [2.45, 2.75) is 125 Å². The third kappa shape index (κ3) is 5.58. The fourth-order valence-corrected chi connectivity index (χ4v) is 12.5. The Morgan fingerprint density at radius 3 is 2.41 bits per heavy atom. The standard InChI is InChI=1S/C39H65N7O5/c1-22(2)24(5)34(6)15-16-36(8)25-11-12-28-35(7)19-50-21-39(28,26(25)13-14-37(36,9)30(34)32(48)49)17-27(46-44-33(41)43-45-46)31(35)51-20-38(10,23(3)4)42-18-29(40)47/h13,22-25,27-28,30-31,42H,11-12,14-21H2,1-10H3,(H2,40,47)(H2,41,44)(H,48,49)/t24-,25+,27-,28+,30-,31+,34-,35+,36-,37+,38+,39?/m1/s1. The molecule has 1 saturated heterocycles. The number of carboxylic acids is 1. The average molecular weight is 712 g/mol. The number of fused-ring (bicyclic) bond motifs is 3. The third-order valence-electron chi connectivity index (χ3n) is 16.3. The van der Waals surface area contributed by atoms with E-state index in [0.717, 1.165) is 32.1 Å². The molecule has 6 rings (SSSR count). The highest BCUT2D eigenvalue weighted by atomic mass is 16.5. The first kappa shape index (κ1) is 38.2. The minimum atomic E-state index is -0.651. The molecule has 12 nitrogen and oxygen atoms in total. The molecule has 0 radical (unpaired) electrons. The maximum Gasteiger partial charge on any atom is 0.307 e. The van der Waals surface area contributed by atoms with Crippen LogP contribution in [0.5, 0.6) is 0 Å². The van der Waals surface area contributed by atoms with Gasteiger partial charge in [-0.15, -0.1) is 5.10 Å². The normalized spacial score (nSPS) is 42.3. The molecule has 1 aliphatic heterocycles. The van der Waals surface area contributed by atoms with Crippen molar-refractivity contribution in [2.75, 3.05) is 32.1 Å². The van der Waals surface area contributed by atoms with Crippen LogP contribution < -0.4 is 16.8 Å². The lowest BCUT2D eigenvalue weighted by Gasteiger charge is -2.71. The van der Waals surface area contributed by atoms with Crippen LogP contribution in [-0.2, 0) is 19.1 Å². The maximum absolute atomic E-state index is 13.5. The Bertz CT molecular complexity index is 1550. The number of hydrogen-bond acceptors (Lipinski definition) is 9. The van der Waals surface area contributed by atoms with E-state index in [4.69, 9.17) is 20.9 Å². The van der Waals surface area contributed by atoms with Crippen LogP contribution in [0.1, 0.15) is 114 Å². The van der Waals surface area contributed by atoms with Crippen LogP contribution in [0.25, 0.3) is 0 Å². The summed E-state index contributed by atoms with van der Waals surface area (Å²) in [7, 11) is 0. The minimum absolute atomic E-state index is 0.0604. The zero-order valence-electron chi connectivity index (χ0n) is 32.8. The van der Waals surface area contributed by atoms with Crippen LogP contribution in [0.3, 0.4) is 0 Å². The number of carboxylic acid groups (broad SMARTS) is 1. The van der Waals surface area contributed by atoms with Crippen molar-refractivity contribution in [3.05, 3.63) is 11.6 Å². The van der Waals surface area contributed by atoms with Crippen molar-refractivity contribution in [3.63, 3.8) is 0 Å². The van der Waals surface area contributed by atoms with Crippen LogP contribution in [0.4, 0.5) is 5.95 Å². The van der Waals surface area contributed by atoms with E-state index in [0.29, 0.717) is 32.2 Å². The van der Waals surface area contributed by atoms with Crippen molar-refractivity contribution >= 4 is 17.8 Å². The number of nitrogens with one attached hydrogen (secondary N) is 1. The Morgan fingerprint density at radius 1 is 1.12 bits per heavy atom. The molecule has 2 heterocycles. The van der Waals surface area contributed by atoms with Crippen LogP contribution in [0.2, 0.25) is 0 Å². The maximum atomic E-state index is 13.5. The molecule has 1 unspecified atom stereocenters. The molecule has 4 aliphatic carbocycles. The molecule has 51 heavy (non-hydrogen) atoms. The topological polar surface area (TPSA) is 181 Å². The number of primary amides is 1. The number of aromatic nitrogens is 4. The number of carbonyl (C=O) groups excluding carboxylic acids is 1. The van der Waals surface area contributed by atoms with Gasteiger partial charge >= 0.3 is 5.97 Å². The van der Waals surface area contributed by atoms with E-state index in [1.54, 1.807) is 4.80 Å². The number of aliphatic carboxylic acids is 1. The highest BCUT2D eigenvalue weighted by Gasteiger charge is 2.72. The number of anilines is 1. The first-order valence-electron chi connectivity index (χ1n) is 19.4. The number of ether oxygens (including phenoxy) is 2. The van der Waals surface area contributed by atoms with E-state index in [9.17, 15) is 14.7 Å². The Balaban J connectivity index is 1.42. The fourth-order valence-electron chi connectivity index (χ4n) is 12.5. The summed E-state index contributed by atoms with van der Waals surface area (Å²) in [6, 6.07) is -0.262. The number of hydrogen-bond donors (Lipinski definition) is 4. The van der Waals surface area contributed by atoms with Gasteiger partial charge in [0.2, 0.25) is 5.91 Å². The Morgan fingerprint density at radius 2 is 1.82 bits per heavy atom. The fraction of sp³-hybridized carbons (Fsp3) is 0.872. The van der Waals surface area contributed by atoms with Gasteiger partial charge in [0.05, 0.1) is 38.4 Å². The Hall–Kier alpha value is -2.57. The second-order valence-corrected chi connectivity index (χ2v) is 19.2. The molecular weight excluding hydrogens is 646 g/mol. The summed E-state index contributed by atoms with van der Waals surface area (Å²) in [4.78, 5) is 26.9. The zero-order valence-corrected chi connectivity index (χ0v) is 32.8. The summed E-state index contributed by atoms with van der Waals surface area (Å²) in [5.41, 5.74) is 11.0. The number of nitrogen functional groups attached to an aromatic ring is 1. The Kier molecular flexibility index (Phi) is 9.57. The lowest BCUT2D eigenvalue weighted by atomic mass is 9.34. The molecule has 3 saturated carbocycles. The molecule has 0 spiro atoms. The number of nitrogens with zero attached hydrogens (tertiary/aromatic N) is 4. The highest BCUT2D eigenvalue weighted by Crippen LogP contribution is 2.75. The first-order chi connectivity index (χ1) is 23.7. The van der Waals surface area contributed by atoms with Crippen molar-refractivity contribution in [1.82, 2.24) is 25.5 Å². The number of amides is 1. The molecular formula is C39H65N7O5. The number of tetrazole rings is 1. The van der Waals surface area contributed by atoms with E-state index in [1.165, 1.54) is 5.57 Å². The van der Waals surface area contributed by atoms with Crippen molar-refractivity contribution in [2.24, 2.45) is 68.3 Å². The molecule has 0 aromatic carbocycles. The lowest BCUT2D eigenvalue weighted by Crippen LogP contribution is -2.69. The predicted molar refractivity (Wildman–Crippen MR) is 195 cm³/mol. The van der Waals surface area contributed by atoms with Gasteiger partial charge in [-0.1, -0.05) is 79.1 Å². The summed E-state index contributed by atoms with van der Waals surface area (Å²) in [6.45, 7) is 23.9. The van der Waals surface area contributed by atoms with Gasteiger partial charge < -0.3 is 31.4 Å². The summed E-state index contributed by atoms with van der Waals surface area (Å²) >= 11 is 0. The molecule has 1 aromatic heterocycles. The van der Waals surface area contributed by atoms with Crippen LogP contribution in [0, 0.1) is 62.6 Å². The van der Waals surface area contributed by atoms with Gasteiger partial charge in [0.25, 0.3) is 5.95 Å². The van der Waals surface area contributed by atoms with E-state index in [-0.39, 0.29) is 70.0 Å². The largest absolute Gasteiger partial charge is 0.481 e. The van der Waals surface area contributed by atoms with E-state index in [2.05, 4.69) is 96.0 Å². The monoisotopic (exact) mass is 712 g/mol. The molecule has 4 fully saturated rings. The summed E-state index contributed by atoms with van der Waals surface area (Å²) in [5.74, 6) is -0.0166. The SMILES string of the molecule is CC(C)[C@@H](C)[C@@]1(C)CC[C@]2(C)[C@H]3CC[C@@H]4C5(COC[C@]4(C)[C@@H](OC[C@](C)(NCC(N)=O)C(C)C)[C@H](n4nnc(N)n4)C5)C3=CC[C@@]2(C)[C@@H]1C(=O)O. The molecule has 6 N–H and O–H groups in total. The predicted octanol–water partition coefficient (Wildman–Crippen LogP) is 5.26. The van der Waals surface area contributed by atoms with Gasteiger partial charge in [-0.2, -0.15) is 4.80 Å². The van der Waals surface area contributed by atoms with Crippen molar-refractivity contribution in [3.8, 4) is 0 Å². The minimum Gasteiger partial charge on any atom is -0.481 e. The van der Waals surface area contributed by atoms with Crippen LogP contribution >= 0.6 is 0 Å². The average Bonchev–Trinajstić information content (AvgIpc) is 3.48. The quantitative estimate of drug-likeness (QED) is 0.221. The molecule has 1 aromatic rings. The summed E-state index contributed by atoms with van der Waals surface area (Å²) in [6.07, 6.45) is 7.51. The highest BCUT2D eigenvalue weighted by molar-refractivity contribution is 5.76. The lowest BCUT2D eigenvalue weighted by molar-refractivity contribution is -0.254. The second-order valence-electron chi connectivity index (χ2n) is 19.2. The van der Waals surface area contributed by atoms with Crippen molar-refractivity contribution < 1.29 is 24.2 Å². The molecule has 286 valence electrons. The number of rotatable bonds is 11. The smallest absolute Gasteiger partial charge is 0.307 e. The molecule has 12 heteroatoms. The second kappa shape index (κ2) is 12.8. The third-order valence-corrected chi connectivity index (χ3v) is 16.3. The van der Waals surface area contributed by atoms with Crippen LogP contribution in [0.15, 0.2) is 11.6 Å². The molecule has 1 amide bonds. The van der Waals surface area contributed by atoms with Crippen LogP contribution in [-0.4, -0.2) is 75.2 Å². The summed E-state index contributed by atoms with van der Waals surface area (Å²) in [5, 5.41) is 27.6. The van der Waals surface area contributed by atoms with Gasteiger partial charge in [-0.05, 0) is 96.5 Å². The van der Waals surface area contributed by atoms with Gasteiger partial charge in [0, 0.05) is 16.4 Å². The first-order valence-corrected chi connectivity index (χ1v) is 19.4. The van der Waals surface area contributed by atoms with Gasteiger partial charge in [0.1, 0.15) is 6.04 Å². The van der Waals surface area contributed by atoms with Gasteiger partial charge in [0.15, 0.2) is 0 Å². The van der Waals surface area contributed by atoms with Gasteiger partial charge in [-0.25, -0.2) is 0 Å². The number of carbonyl (C=O) groups is 2. The number of allylic oxidation sites excluding steroid dienone is 1. The summed E-state index contributed by atoms with van der Waals surface area (Å²) < 4.78 is 13.8. The van der Waals surface area contributed by atoms with E-state index >= 15 is 0 Å². The molecule has 2 bridgehead atoms. The number of nitrogens with two attached hydrogens (primary N) is 2. The zero-order chi connectivity index (χ0) is 37.5. The molecule has 5 aliphatic rings. The van der Waals surface area contributed by atoms with Gasteiger partial charge in [-0.3, -0.25) is 9.59 Å². The molecule has 12 atom stereocenters. The van der Waals surface area contributed by atoms with E-state index < -0.39 is 28.7 Å².